The van der Waals surface area contributed by atoms with Crippen molar-refractivity contribution < 1.29 is 4.74 Å². The molecule has 110 valence electrons. The Balaban J connectivity index is 1.68. The number of ether oxygens (including phenoxy) is 1. The second-order valence-electron chi connectivity index (χ2n) is 5.77. The fourth-order valence-electron chi connectivity index (χ4n) is 2.80. The van der Waals surface area contributed by atoms with Crippen molar-refractivity contribution in [1.82, 2.24) is 5.32 Å². The van der Waals surface area contributed by atoms with Crippen molar-refractivity contribution in [3.63, 3.8) is 0 Å². The molecule has 1 N–H and O–H groups in total. The lowest BCUT2D eigenvalue weighted by molar-refractivity contribution is 0.414. The topological polar surface area (TPSA) is 21.3 Å². The predicted octanol–water partition coefficient (Wildman–Crippen LogP) is 4.11. The normalized spacial score (nSPS) is 16.6. The molecule has 1 aromatic carbocycles. The third kappa shape index (κ3) is 5.01. The van der Waals surface area contributed by atoms with Crippen LogP contribution in [0.15, 0.2) is 35.9 Å². The summed E-state index contributed by atoms with van der Waals surface area (Å²) < 4.78 is 5.18. The molecule has 0 spiro atoms. The molecular formula is C18H27NO. The Labute approximate surface area is 123 Å². The molecule has 0 bridgehead atoms. The van der Waals surface area contributed by atoms with E-state index in [-0.39, 0.29) is 0 Å². The van der Waals surface area contributed by atoms with E-state index in [9.17, 15) is 0 Å². The van der Waals surface area contributed by atoms with Crippen LogP contribution in [0.25, 0.3) is 0 Å². The van der Waals surface area contributed by atoms with Gasteiger partial charge in [0.15, 0.2) is 0 Å². The monoisotopic (exact) mass is 273 g/mol. The lowest BCUT2D eigenvalue weighted by Gasteiger charge is -2.16. The molecule has 1 aliphatic carbocycles. The van der Waals surface area contributed by atoms with Gasteiger partial charge in [-0.2, -0.15) is 0 Å². The zero-order valence-corrected chi connectivity index (χ0v) is 12.8. The standard InChI is InChI=1S/C18H27NO/c1-15(14-17-8-10-18(20-2)11-9-17)19-13-12-16-6-4-3-5-7-16/h6,8-11,15,19H,3-5,7,12-14H2,1-2H3/t15-/m0/s1. The summed E-state index contributed by atoms with van der Waals surface area (Å²) in [5.74, 6) is 0.929. The van der Waals surface area contributed by atoms with Gasteiger partial charge in [-0.1, -0.05) is 23.8 Å². The van der Waals surface area contributed by atoms with E-state index in [2.05, 4.69) is 30.4 Å². The van der Waals surface area contributed by atoms with Crippen LogP contribution in [0.5, 0.6) is 5.75 Å². The smallest absolute Gasteiger partial charge is 0.118 e. The highest BCUT2D eigenvalue weighted by Gasteiger charge is 2.06. The molecule has 2 rings (SSSR count). The fourth-order valence-corrected chi connectivity index (χ4v) is 2.80. The Morgan fingerprint density at radius 3 is 2.65 bits per heavy atom. The zero-order valence-electron chi connectivity index (χ0n) is 12.8. The molecular weight excluding hydrogens is 246 g/mol. The average Bonchev–Trinajstić information content (AvgIpc) is 2.49. The maximum atomic E-state index is 5.18. The molecule has 0 fully saturated rings. The highest BCUT2D eigenvalue weighted by Crippen LogP contribution is 2.19. The van der Waals surface area contributed by atoms with Gasteiger partial charge in [-0.25, -0.2) is 0 Å². The quantitative estimate of drug-likeness (QED) is 0.755. The lowest BCUT2D eigenvalue weighted by atomic mass is 9.97. The van der Waals surface area contributed by atoms with Crippen LogP contribution in [-0.2, 0) is 6.42 Å². The highest BCUT2D eigenvalue weighted by atomic mass is 16.5. The summed E-state index contributed by atoms with van der Waals surface area (Å²) in [4.78, 5) is 0. The second kappa shape index (κ2) is 8.11. The van der Waals surface area contributed by atoms with Gasteiger partial charge in [0.2, 0.25) is 0 Å². The number of allylic oxidation sites excluding steroid dienone is 1. The van der Waals surface area contributed by atoms with E-state index in [1.54, 1.807) is 12.7 Å². The number of methoxy groups -OCH3 is 1. The minimum absolute atomic E-state index is 0.521. The molecule has 0 aromatic heterocycles. The molecule has 0 unspecified atom stereocenters. The van der Waals surface area contributed by atoms with Crippen LogP contribution >= 0.6 is 0 Å². The Bertz CT molecular complexity index is 422. The number of hydrogen-bond donors (Lipinski definition) is 1. The van der Waals surface area contributed by atoms with Crippen LogP contribution in [0.4, 0.5) is 0 Å². The van der Waals surface area contributed by atoms with Crippen molar-refractivity contribution in [2.24, 2.45) is 0 Å². The number of hydrogen-bond acceptors (Lipinski definition) is 2. The average molecular weight is 273 g/mol. The summed E-state index contributed by atoms with van der Waals surface area (Å²) in [5.41, 5.74) is 3.02. The third-order valence-electron chi connectivity index (χ3n) is 4.02. The molecule has 0 radical (unpaired) electrons. The Kier molecular flexibility index (Phi) is 6.13. The summed E-state index contributed by atoms with van der Waals surface area (Å²) in [6.45, 7) is 3.36. The first-order valence-electron chi connectivity index (χ1n) is 7.82. The van der Waals surface area contributed by atoms with Crippen molar-refractivity contribution in [2.45, 2.75) is 51.5 Å². The highest BCUT2D eigenvalue weighted by molar-refractivity contribution is 5.27. The largest absolute Gasteiger partial charge is 0.497 e. The predicted molar refractivity (Wildman–Crippen MR) is 85.3 cm³/mol. The van der Waals surface area contributed by atoms with E-state index >= 15 is 0 Å². The SMILES string of the molecule is COc1ccc(C[C@H](C)NCCC2=CCCCC2)cc1. The van der Waals surface area contributed by atoms with Gasteiger partial charge in [0.1, 0.15) is 5.75 Å². The van der Waals surface area contributed by atoms with Crippen molar-refractivity contribution >= 4 is 0 Å². The minimum atomic E-state index is 0.521. The molecule has 2 nitrogen and oxygen atoms in total. The second-order valence-corrected chi connectivity index (χ2v) is 5.77. The molecule has 0 saturated heterocycles. The maximum Gasteiger partial charge on any atom is 0.118 e. The van der Waals surface area contributed by atoms with Crippen molar-refractivity contribution in [3.8, 4) is 5.75 Å². The summed E-state index contributed by atoms with van der Waals surface area (Å²) >= 11 is 0. The van der Waals surface area contributed by atoms with E-state index in [4.69, 9.17) is 4.74 Å². The molecule has 1 aliphatic rings. The maximum absolute atomic E-state index is 5.18. The van der Waals surface area contributed by atoms with Crippen molar-refractivity contribution in [2.75, 3.05) is 13.7 Å². The van der Waals surface area contributed by atoms with Gasteiger partial charge < -0.3 is 10.1 Å². The van der Waals surface area contributed by atoms with Crippen molar-refractivity contribution in [1.29, 1.82) is 0 Å². The zero-order chi connectivity index (χ0) is 14.2. The molecule has 1 aromatic rings. The van der Waals surface area contributed by atoms with Crippen LogP contribution < -0.4 is 10.1 Å². The molecule has 0 amide bonds. The van der Waals surface area contributed by atoms with Gasteiger partial charge in [0.25, 0.3) is 0 Å². The minimum Gasteiger partial charge on any atom is -0.497 e. The molecule has 2 heteroatoms. The first-order valence-corrected chi connectivity index (χ1v) is 7.82. The lowest BCUT2D eigenvalue weighted by Crippen LogP contribution is -2.29. The van der Waals surface area contributed by atoms with E-state index in [1.165, 1.54) is 37.7 Å². The molecule has 0 saturated carbocycles. The van der Waals surface area contributed by atoms with Gasteiger partial charge in [-0.05, 0) is 69.7 Å². The fraction of sp³-hybridized carbons (Fsp3) is 0.556. The first kappa shape index (κ1) is 15.1. The van der Waals surface area contributed by atoms with Gasteiger partial charge in [-0.3, -0.25) is 0 Å². The third-order valence-corrected chi connectivity index (χ3v) is 4.02. The van der Waals surface area contributed by atoms with Gasteiger partial charge in [-0.15, -0.1) is 0 Å². The summed E-state index contributed by atoms with van der Waals surface area (Å²) in [6, 6.07) is 8.90. The number of rotatable bonds is 7. The Morgan fingerprint density at radius 2 is 2.00 bits per heavy atom. The number of nitrogens with one attached hydrogen (secondary N) is 1. The van der Waals surface area contributed by atoms with Gasteiger partial charge in [0, 0.05) is 6.04 Å². The molecule has 0 heterocycles. The van der Waals surface area contributed by atoms with E-state index in [0.717, 1.165) is 18.7 Å². The number of benzene rings is 1. The Morgan fingerprint density at radius 1 is 1.20 bits per heavy atom. The van der Waals surface area contributed by atoms with Gasteiger partial charge >= 0.3 is 0 Å². The molecule has 1 atom stereocenters. The van der Waals surface area contributed by atoms with Gasteiger partial charge in [0.05, 0.1) is 7.11 Å². The van der Waals surface area contributed by atoms with E-state index < -0.39 is 0 Å². The van der Waals surface area contributed by atoms with Crippen LogP contribution in [0.1, 0.15) is 44.6 Å². The van der Waals surface area contributed by atoms with E-state index in [1.807, 2.05) is 12.1 Å². The first-order chi connectivity index (χ1) is 9.78. The molecule has 20 heavy (non-hydrogen) atoms. The van der Waals surface area contributed by atoms with Crippen molar-refractivity contribution in [3.05, 3.63) is 41.5 Å². The summed E-state index contributed by atoms with van der Waals surface area (Å²) in [6.07, 6.45) is 10.1. The van der Waals surface area contributed by atoms with Crippen LogP contribution in [0.3, 0.4) is 0 Å². The summed E-state index contributed by atoms with van der Waals surface area (Å²) in [5, 5.41) is 3.63. The van der Waals surface area contributed by atoms with E-state index in [0.29, 0.717) is 6.04 Å². The Hall–Kier alpha value is -1.28. The van der Waals surface area contributed by atoms with Crippen LogP contribution in [0, 0.1) is 0 Å². The molecule has 0 aliphatic heterocycles. The van der Waals surface area contributed by atoms with Crippen LogP contribution in [0.2, 0.25) is 0 Å². The van der Waals surface area contributed by atoms with Crippen LogP contribution in [-0.4, -0.2) is 19.7 Å². The summed E-state index contributed by atoms with van der Waals surface area (Å²) in [7, 11) is 1.71.